The van der Waals surface area contributed by atoms with Crippen LogP contribution < -0.4 is 0 Å². The minimum absolute atomic E-state index is 0.0442. The Hall–Kier alpha value is -2.73. The molecule has 0 saturated heterocycles. The molecule has 0 bridgehead atoms. The third-order valence-electron chi connectivity index (χ3n) is 5.64. The van der Waals surface area contributed by atoms with Gasteiger partial charge in [0, 0.05) is 10.9 Å². The Labute approximate surface area is 213 Å². The molecule has 8 heteroatoms. The maximum absolute atomic E-state index is 11.1. The van der Waals surface area contributed by atoms with Crippen molar-refractivity contribution in [2.45, 2.75) is 38.7 Å². The van der Waals surface area contributed by atoms with Crippen molar-refractivity contribution in [3.05, 3.63) is 104 Å². The van der Waals surface area contributed by atoms with E-state index in [1.807, 2.05) is 24.3 Å². The van der Waals surface area contributed by atoms with E-state index in [9.17, 15) is 4.79 Å². The summed E-state index contributed by atoms with van der Waals surface area (Å²) in [5.41, 5.74) is 3.43. The number of hydrogen-bond acceptors (Lipinski definition) is 3. The van der Waals surface area contributed by atoms with E-state index in [1.54, 1.807) is 35.0 Å². The molecule has 0 spiro atoms. The Morgan fingerprint density at radius 1 is 1.15 bits per heavy atom. The molecule has 2 aromatic carbocycles. The number of carbonyl (C=O) groups is 1. The van der Waals surface area contributed by atoms with Crippen molar-refractivity contribution in [2.24, 2.45) is 0 Å². The molecule has 1 heterocycles. The Bertz CT molecular complexity index is 1270. The molecule has 1 aliphatic carbocycles. The number of aromatic carboxylic acids is 1. The fourth-order valence-corrected chi connectivity index (χ4v) is 4.65. The summed E-state index contributed by atoms with van der Waals surface area (Å²) in [5, 5.41) is 15.3. The predicted octanol–water partition coefficient (Wildman–Crippen LogP) is 7.80. The molecular formula is C26H23Cl3N2O3. The molecule has 1 unspecified atom stereocenters. The highest BCUT2D eigenvalue weighted by Crippen LogP contribution is 2.34. The quantitative estimate of drug-likeness (QED) is 0.347. The van der Waals surface area contributed by atoms with Gasteiger partial charge in [-0.25, -0.2) is 9.48 Å². The second kappa shape index (κ2) is 10.3. The molecule has 0 saturated carbocycles. The van der Waals surface area contributed by atoms with Crippen molar-refractivity contribution in [1.29, 1.82) is 0 Å². The Balaban J connectivity index is 1.50. The zero-order valence-corrected chi connectivity index (χ0v) is 20.9. The van der Waals surface area contributed by atoms with Crippen LogP contribution in [0.5, 0.6) is 0 Å². The number of benzene rings is 2. The van der Waals surface area contributed by atoms with Crippen molar-refractivity contribution in [3.63, 3.8) is 0 Å². The van der Waals surface area contributed by atoms with Gasteiger partial charge in [0.2, 0.25) is 0 Å². The normalized spacial score (nSPS) is 15.5. The van der Waals surface area contributed by atoms with Crippen molar-refractivity contribution < 1.29 is 14.6 Å². The van der Waals surface area contributed by atoms with Gasteiger partial charge in [-0.15, -0.1) is 0 Å². The van der Waals surface area contributed by atoms with E-state index in [1.165, 1.54) is 6.07 Å². The van der Waals surface area contributed by atoms with E-state index in [2.05, 4.69) is 13.8 Å². The SMILES string of the molecule is CC(C)c1cc(COC2=CCC(c3ccc(C(=O)O)cc3Cl)C=C2)n(-c2c(Cl)cccc2Cl)n1. The maximum Gasteiger partial charge on any atom is 0.335 e. The fourth-order valence-electron chi connectivity index (χ4n) is 3.77. The van der Waals surface area contributed by atoms with Crippen molar-refractivity contribution in [2.75, 3.05) is 0 Å². The van der Waals surface area contributed by atoms with E-state index >= 15 is 0 Å². The number of rotatable bonds is 7. The fraction of sp³-hybridized carbons (Fsp3) is 0.231. The van der Waals surface area contributed by atoms with E-state index in [0.29, 0.717) is 27.2 Å². The van der Waals surface area contributed by atoms with Gasteiger partial charge in [-0.3, -0.25) is 0 Å². The zero-order valence-electron chi connectivity index (χ0n) is 18.6. The van der Waals surface area contributed by atoms with Crippen molar-refractivity contribution in [3.8, 4) is 5.69 Å². The minimum atomic E-state index is -0.999. The van der Waals surface area contributed by atoms with E-state index in [4.69, 9.17) is 49.7 Å². The molecule has 3 aromatic rings. The maximum atomic E-state index is 11.1. The number of hydrogen-bond donors (Lipinski definition) is 1. The third-order valence-corrected chi connectivity index (χ3v) is 6.58. The smallest absolute Gasteiger partial charge is 0.335 e. The summed E-state index contributed by atoms with van der Waals surface area (Å²) in [6.45, 7) is 4.44. The number of allylic oxidation sites excluding steroid dienone is 3. The molecule has 176 valence electrons. The van der Waals surface area contributed by atoms with E-state index in [-0.39, 0.29) is 24.0 Å². The number of nitrogens with zero attached hydrogens (tertiary/aromatic N) is 2. The van der Waals surface area contributed by atoms with Gasteiger partial charge < -0.3 is 9.84 Å². The second-order valence-corrected chi connectivity index (χ2v) is 9.56. The van der Waals surface area contributed by atoms with Crippen LogP contribution in [-0.4, -0.2) is 20.9 Å². The van der Waals surface area contributed by atoms with Gasteiger partial charge in [-0.1, -0.05) is 66.9 Å². The van der Waals surface area contributed by atoms with Gasteiger partial charge in [0.25, 0.3) is 0 Å². The predicted molar refractivity (Wildman–Crippen MR) is 135 cm³/mol. The van der Waals surface area contributed by atoms with E-state index in [0.717, 1.165) is 22.7 Å². The lowest BCUT2D eigenvalue weighted by Gasteiger charge is -2.19. The van der Waals surface area contributed by atoms with Crippen LogP contribution in [0.1, 0.15) is 59.4 Å². The van der Waals surface area contributed by atoms with Gasteiger partial charge in [0.05, 0.1) is 27.0 Å². The molecular weight excluding hydrogens is 495 g/mol. The molecule has 0 radical (unpaired) electrons. The number of para-hydroxylation sites is 1. The summed E-state index contributed by atoms with van der Waals surface area (Å²) < 4.78 is 7.84. The number of aromatic nitrogens is 2. The van der Waals surface area contributed by atoms with Crippen molar-refractivity contribution >= 4 is 40.8 Å². The van der Waals surface area contributed by atoms with Gasteiger partial charge in [-0.05, 0) is 60.4 Å². The monoisotopic (exact) mass is 516 g/mol. The average molecular weight is 518 g/mol. The van der Waals surface area contributed by atoms with Crippen LogP contribution in [0.2, 0.25) is 15.1 Å². The molecule has 4 rings (SSSR count). The van der Waals surface area contributed by atoms with Crippen LogP contribution in [0.4, 0.5) is 0 Å². The topological polar surface area (TPSA) is 64.3 Å². The molecule has 34 heavy (non-hydrogen) atoms. The average Bonchev–Trinajstić information content (AvgIpc) is 3.22. The zero-order chi connectivity index (χ0) is 24.4. The summed E-state index contributed by atoms with van der Waals surface area (Å²) in [6, 6.07) is 12.2. The lowest BCUT2D eigenvalue weighted by molar-refractivity contribution is 0.0697. The van der Waals surface area contributed by atoms with Crippen LogP contribution in [0.25, 0.3) is 5.69 Å². The number of halogens is 3. The Morgan fingerprint density at radius 3 is 2.47 bits per heavy atom. The lowest BCUT2D eigenvalue weighted by atomic mass is 9.91. The third kappa shape index (κ3) is 5.17. The second-order valence-electron chi connectivity index (χ2n) is 8.34. The Kier molecular flexibility index (Phi) is 7.36. The first-order valence-electron chi connectivity index (χ1n) is 10.8. The molecule has 1 N–H and O–H groups in total. The van der Waals surface area contributed by atoms with Gasteiger partial charge >= 0.3 is 5.97 Å². The van der Waals surface area contributed by atoms with Crippen molar-refractivity contribution in [1.82, 2.24) is 9.78 Å². The highest BCUT2D eigenvalue weighted by Gasteiger charge is 2.19. The first-order chi connectivity index (χ1) is 16.2. The number of carboxylic acids is 1. The minimum Gasteiger partial charge on any atom is -0.488 e. The Morgan fingerprint density at radius 2 is 1.88 bits per heavy atom. The first-order valence-corrected chi connectivity index (χ1v) is 11.9. The van der Waals surface area contributed by atoms with Gasteiger partial charge in [0.1, 0.15) is 18.1 Å². The largest absolute Gasteiger partial charge is 0.488 e. The van der Waals surface area contributed by atoms with Gasteiger partial charge in [-0.2, -0.15) is 5.10 Å². The van der Waals surface area contributed by atoms with Gasteiger partial charge in [0.15, 0.2) is 0 Å². The highest BCUT2D eigenvalue weighted by molar-refractivity contribution is 6.37. The van der Waals surface area contributed by atoms with Crippen LogP contribution in [0.15, 0.2) is 66.5 Å². The lowest BCUT2D eigenvalue weighted by Crippen LogP contribution is -2.07. The molecule has 5 nitrogen and oxygen atoms in total. The molecule has 0 amide bonds. The molecule has 0 aliphatic heterocycles. The summed E-state index contributed by atoms with van der Waals surface area (Å²) in [6.07, 6.45) is 6.60. The molecule has 1 aliphatic rings. The number of carboxylic acid groups (broad SMARTS) is 1. The number of ether oxygens (including phenoxy) is 1. The standard InChI is InChI=1S/C26H23Cl3N2O3/c1-15(2)24-13-18(31(30-24)25-21(27)4-3-5-22(25)28)14-34-19-9-6-16(7-10-19)20-11-8-17(26(32)33)12-23(20)29/h3-6,8-13,15-16H,7,14H2,1-2H3,(H,32,33). The highest BCUT2D eigenvalue weighted by atomic mass is 35.5. The molecule has 0 fully saturated rings. The summed E-state index contributed by atoms with van der Waals surface area (Å²) >= 11 is 19.2. The van der Waals surface area contributed by atoms with Crippen LogP contribution in [-0.2, 0) is 11.3 Å². The summed E-state index contributed by atoms with van der Waals surface area (Å²) in [4.78, 5) is 11.1. The van der Waals surface area contributed by atoms with E-state index < -0.39 is 5.97 Å². The van der Waals surface area contributed by atoms with Crippen LogP contribution in [0.3, 0.4) is 0 Å². The van der Waals surface area contributed by atoms with Crippen LogP contribution >= 0.6 is 34.8 Å². The molecule has 1 aromatic heterocycles. The van der Waals surface area contributed by atoms with Crippen LogP contribution in [0, 0.1) is 0 Å². The summed E-state index contributed by atoms with van der Waals surface area (Å²) in [5.74, 6) is 0.00979. The summed E-state index contributed by atoms with van der Waals surface area (Å²) in [7, 11) is 0. The molecule has 1 atom stereocenters. The first kappa shape index (κ1) is 24.4.